The second-order valence-corrected chi connectivity index (χ2v) is 6.52. The van der Waals surface area contributed by atoms with E-state index in [1.165, 1.54) is 64.2 Å². The SMILES string of the molecule is CCCCCCCCCCCCCCC[C@@H](F)[C@H](O)C(=O)OC. The average molecular weight is 332 g/mol. The quantitative estimate of drug-likeness (QED) is 0.306. The molecule has 0 rings (SSSR count). The van der Waals surface area contributed by atoms with E-state index in [4.69, 9.17) is 0 Å². The van der Waals surface area contributed by atoms with Gasteiger partial charge in [-0.25, -0.2) is 9.18 Å². The molecule has 4 heteroatoms. The van der Waals surface area contributed by atoms with Gasteiger partial charge in [0, 0.05) is 0 Å². The predicted molar refractivity (Wildman–Crippen MR) is 93.2 cm³/mol. The van der Waals surface area contributed by atoms with Crippen molar-refractivity contribution < 1.29 is 19.0 Å². The van der Waals surface area contributed by atoms with Gasteiger partial charge in [0.15, 0.2) is 6.10 Å². The largest absolute Gasteiger partial charge is 0.467 e. The minimum Gasteiger partial charge on any atom is -0.467 e. The predicted octanol–water partition coefficient (Wildman–Crippen LogP) is 5.34. The summed E-state index contributed by atoms with van der Waals surface area (Å²) in [6.07, 6.45) is 13.2. The van der Waals surface area contributed by atoms with E-state index >= 15 is 0 Å². The summed E-state index contributed by atoms with van der Waals surface area (Å²) >= 11 is 0. The van der Waals surface area contributed by atoms with Gasteiger partial charge in [0.05, 0.1) is 7.11 Å². The summed E-state index contributed by atoms with van der Waals surface area (Å²) in [6, 6.07) is 0. The van der Waals surface area contributed by atoms with Gasteiger partial charge in [0.1, 0.15) is 6.17 Å². The van der Waals surface area contributed by atoms with Crippen LogP contribution in [0.25, 0.3) is 0 Å². The van der Waals surface area contributed by atoms with Crippen molar-refractivity contribution in [3.63, 3.8) is 0 Å². The molecule has 23 heavy (non-hydrogen) atoms. The molecule has 0 aliphatic carbocycles. The lowest BCUT2D eigenvalue weighted by atomic mass is 10.0. The standard InChI is InChI=1S/C19H37FO3/c1-3-4-5-6-7-8-9-10-11-12-13-14-15-16-17(20)18(21)19(22)23-2/h17-18,21H,3-16H2,1-2H3/t17-,18+/m1/s1. The Kier molecular flexibility index (Phi) is 15.8. The van der Waals surface area contributed by atoms with Gasteiger partial charge in [0.2, 0.25) is 0 Å². The van der Waals surface area contributed by atoms with E-state index in [1.54, 1.807) is 0 Å². The first kappa shape index (κ1) is 22.4. The van der Waals surface area contributed by atoms with E-state index in [1.807, 2.05) is 0 Å². The zero-order valence-corrected chi connectivity index (χ0v) is 15.2. The molecule has 0 saturated carbocycles. The Morgan fingerprint density at radius 3 is 1.65 bits per heavy atom. The fourth-order valence-electron chi connectivity index (χ4n) is 2.78. The first-order valence-corrected chi connectivity index (χ1v) is 9.53. The highest BCUT2D eigenvalue weighted by Crippen LogP contribution is 2.15. The zero-order chi connectivity index (χ0) is 17.3. The molecule has 0 aliphatic rings. The number of alkyl halides is 1. The second kappa shape index (κ2) is 16.2. The Bertz CT molecular complexity index is 271. The minimum absolute atomic E-state index is 0.230. The fraction of sp³-hybridized carbons (Fsp3) is 0.947. The fourth-order valence-corrected chi connectivity index (χ4v) is 2.78. The number of ether oxygens (including phenoxy) is 1. The van der Waals surface area contributed by atoms with E-state index in [9.17, 15) is 14.3 Å². The number of halogens is 1. The Balaban J connectivity index is 3.26. The summed E-state index contributed by atoms with van der Waals surface area (Å²) in [7, 11) is 1.16. The number of hydrogen-bond donors (Lipinski definition) is 1. The van der Waals surface area contributed by atoms with Crippen LogP contribution in [-0.2, 0) is 9.53 Å². The number of methoxy groups -OCH3 is 1. The smallest absolute Gasteiger partial charge is 0.337 e. The topological polar surface area (TPSA) is 46.5 Å². The molecule has 0 saturated heterocycles. The van der Waals surface area contributed by atoms with Gasteiger partial charge < -0.3 is 9.84 Å². The van der Waals surface area contributed by atoms with Crippen LogP contribution in [0.4, 0.5) is 4.39 Å². The number of unbranched alkanes of at least 4 members (excludes halogenated alkanes) is 12. The Labute approximate surface area is 142 Å². The molecule has 0 aliphatic heterocycles. The molecule has 0 aromatic heterocycles. The number of hydrogen-bond acceptors (Lipinski definition) is 3. The maximum atomic E-state index is 13.5. The maximum Gasteiger partial charge on any atom is 0.337 e. The summed E-state index contributed by atoms with van der Waals surface area (Å²) in [4.78, 5) is 11.0. The summed E-state index contributed by atoms with van der Waals surface area (Å²) < 4.78 is 17.8. The molecule has 0 aromatic rings. The van der Waals surface area contributed by atoms with Crippen LogP contribution in [0.2, 0.25) is 0 Å². The molecule has 0 fully saturated rings. The Morgan fingerprint density at radius 2 is 1.26 bits per heavy atom. The average Bonchev–Trinajstić information content (AvgIpc) is 2.57. The molecule has 0 heterocycles. The third kappa shape index (κ3) is 13.5. The van der Waals surface area contributed by atoms with E-state index in [0.29, 0.717) is 6.42 Å². The molecule has 3 nitrogen and oxygen atoms in total. The molecule has 1 N–H and O–H groups in total. The van der Waals surface area contributed by atoms with Crippen molar-refractivity contribution in [1.29, 1.82) is 0 Å². The summed E-state index contributed by atoms with van der Waals surface area (Å²) in [5.41, 5.74) is 0. The molecule has 0 aromatic carbocycles. The Morgan fingerprint density at radius 1 is 0.870 bits per heavy atom. The number of rotatable bonds is 16. The lowest BCUT2D eigenvalue weighted by Crippen LogP contribution is -2.31. The van der Waals surface area contributed by atoms with Crippen molar-refractivity contribution in [2.75, 3.05) is 7.11 Å². The molecule has 0 spiro atoms. The van der Waals surface area contributed by atoms with Crippen molar-refractivity contribution >= 4 is 5.97 Å². The maximum absolute atomic E-state index is 13.5. The number of carbonyl (C=O) groups is 1. The summed E-state index contributed by atoms with van der Waals surface area (Å²) in [5, 5.41) is 9.33. The molecule has 2 atom stereocenters. The van der Waals surface area contributed by atoms with Crippen LogP contribution in [-0.4, -0.2) is 30.5 Å². The number of aliphatic hydroxyl groups excluding tert-OH is 1. The second-order valence-electron chi connectivity index (χ2n) is 6.52. The van der Waals surface area contributed by atoms with Crippen LogP contribution < -0.4 is 0 Å². The third-order valence-corrected chi connectivity index (χ3v) is 4.37. The molecular formula is C19H37FO3. The number of carbonyl (C=O) groups excluding carboxylic acids is 1. The van der Waals surface area contributed by atoms with Crippen molar-refractivity contribution in [3.8, 4) is 0 Å². The molecular weight excluding hydrogens is 295 g/mol. The van der Waals surface area contributed by atoms with Crippen LogP contribution in [0.5, 0.6) is 0 Å². The van der Waals surface area contributed by atoms with Crippen LogP contribution in [0.15, 0.2) is 0 Å². The lowest BCUT2D eigenvalue weighted by molar-refractivity contribution is -0.154. The van der Waals surface area contributed by atoms with Gasteiger partial charge in [-0.05, 0) is 6.42 Å². The first-order chi connectivity index (χ1) is 11.1. The highest BCUT2D eigenvalue weighted by molar-refractivity contribution is 5.74. The zero-order valence-electron chi connectivity index (χ0n) is 15.2. The van der Waals surface area contributed by atoms with Crippen molar-refractivity contribution in [3.05, 3.63) is 0 Å². The van der Waals surface area contributed by atoms with Gasteiger partial charge in [-0.15, -0.1) is 0 Å². The third-order valence-electron chi connectivity index (χ3n) is 4.37. The van der Waals surface area contributed by atoms with E-state index in [0.717, 1.165) is 20.0 Å². The lowest BCUT2D eigenvalue weighted by Gasteiger charge is -2.13. The molecule has 138 valence electrons. The highest BCUT2D eigenvalue weighted by atomic mass is 19.1. The van der Waals surface area contributed by atoms with Gasteiger partial charge in [-0.3, -0.25) is 0 Å². The van der Waals surface area contributed by atoms with Gasteiger partial charge in [0.25, 0.3) is 0 Å². The van der Waals surface area contributed by atoms with Gasteiger partial charge in [-0.2, -0.15) is 0 Å². The molecule has 0 unspecified atom stereocenters. The highest BCUT2D eigenvalue weighted by Gasteiger charge is 2.25. The van der Waals surface area contributed by atoms with Crippen molar-refractivity contribution in [2.45, 2.75) is 109 Å². The van der Waals surface area contributed by atoms with E-state index < -0.39 is 18.2 Å². The molecule has 0 radical (unpaired) electrons. The van der Waals surface area contributed by atoms with Crippen LogP contribution in [0.3, 0.4) is 0 Å². The van der Waals surface area contributed by atoms with Crippen LogP contribution in [0.1, 0.15) is 96.8 Å². The number of esters is 1. The van der Waals surface area contributed by atoms with E-state index in [2.05, 4.69) is 11.7 Å². The Hall–Kier alpha value is -0.640. The van der Waals surface area contributed by atoms with Gasteiger partial charge in [-0.1, -0.05) is 90.4 Å². The monoisotopic (exact) mass is 332 g/mol. The normalized spacial score (nSPS) is 13.7. The van der Waals surface area contributed by atoms with Crippen LogP contribution >= 0.6 is 0 Å². The first-order valence-electron chi connectivity index (χ1n) is 9.53. The number of aliphatic hydroxyl groups is 1. The minimum atomic E-state index is -1.63. The van der Waals surface area contributed by atoms with Crippen molar-refractivity contribution in [1.82, 2.24) is 0 Å². The summed E-state index contributed by atoms with van der Waals surface area (Å²) in [6.45, 7) is 2.25. The molecule has 0 amide bonds. The van der Waals surface area contributed by atoms with Gasteiger partial charge >= 0.3 is 5.97 Å². The van der Waals surface area contributed by atoms with Crippen LogP contribution in [0, 0.1) is 0 Å². The molecule has 0 bridgehead atoms. The van der Waals surface area contributed by atoms with Crippen molar-refractivity contribution in [2.24, 2.45) is 0 Å². The summed E-state index contributed by atoms with van der Waals surface area (Å²) in [5.74, 6) is -0.882. The van der Waals surface area contributed by atoms with E-state index in [-0.39, 0.29) is 6.42 Å².